The van der Waals surface area contributed by atoms with Gasteiger partial charge in [-0.3, -0.25) is 24.5 Å². The molecule has 0 aliphatic rings. The summed E-state index contributed by atoms with van der Waals surface area (Å²) in [6, 6.07) is 16.4. The molecule has 1 aromatic heterocycles. The number of benzene rings is 2. The molecule has 10 heteroatoms. The highest BCUT2D eigenvalue weighted by Crippen LogP contribution is 2.25. The molecule has 3 N–H and O–H groups in total. The van der Waals surface area contributed by atoms with Crippen molar-refractivity contribution in [3.05, 3.63) is 71.9 Å². The minimum atomic E-state index is -0.987. The number of nitrogens with zero attached hydrogens (tertiary/aromatic N) is 1. The highest BCUT2D eigenvalue weighted by molar-refractivity contribution is 6.42. The summed E-state index contributed by atoms with van der Waals surface area (Å²) >= 11 is 0. The third kappa shape index (κ3) is 6.47. The fourth-order valence-electron chi connectivity index (χ4n) is 3.27. The molecule has 0 atom stereocenters. The van der Waals surface area contributed by atoms with E-state index in [1.807, 2.05) is 0 Å². The van der Waals surface area contributed by atoms with Gasteiger partial charge in [0.2, 0.25) is 0 Å². The summed E-state index contributed by atoms with van der Waals surface area (Å²) in [7, 11) is 1.55. The van der Waals surface area contributed by atoms with Gasteiger partial charge in [-0.05, 0) is 67.6 Å². The molecule has 0 radical (unpaired) electrons. The Bertz CT molecular complexity index is 1210. The maximum Gasteiger partial charge on any atom is 0.338 e. The molecule has 3 aromatic rings. The van der Waals surface area contributed by atoms with Gasteiger partial charge in [0.15, 0.2) is 0 Å². The Morgan fingerprint density at radius 2 is 1.60 bits per heavy atom. The smallest absolute Gasteiger partial charge is 0.338 e. The highest BCUT2D eigenvalue weighted by atomic mass is 16.5. The number of hydrogen-bond acceptors (Lipinski definition) is 6. The van der Waals surface area contributed by atoms with E-state index in [0.717, 1.165) is 5.56 Å². The first-order valence-electron chi connectivity index (χ1n) is 10.8. The van der Waals surface area contributed by atoms with Crippen molar-refractivity contribution in [2.24, 2.45) is 0 Å². The molecule has 0 aliphatic carbocycles. The zero-order chi connectivity index (χ0) is 25.4. The van der Waals surface area contributed by atoms with Gasteiger partial charge < -0.3 is 19.9 Å². The van der Waals surface area contributed by atoms with Crippen LogP contribution >= 0.6 is 0 Å². The molecule has 0 saturated carbocycles. The lowest BCUT2D eigenvalue weighted by Crippen LogP contribution is -2.35. The fourth-order valence-corrected chi connectivity index (χ4v) is 3.27. The van der Waals surface area contributed by atoms with E-state index in [0.29, 0.717) is 28.4 Å². The van der Waals surface area contributed by atoms with E-state index >= 15 is 0 Å². The van der Waals surface area contributed by atoms with Crippen molar-refractivity contribution in [2.45, 2.75) is 19.8 Å². The molecule has 0 aliphatic heterocycles. The number of esters is 1. The van der Waals surface area contributed by atoms with Gasteiger partial charge in [-0.2, -0.15) is 0 Å². The van der Waals surface area contributed by atoms with E-state index in [-0.39, 0.29) is 19.4 Å². The van der Waals surface area contributed by atoms with Gasteiger partial charge in [0, 0.05) is 23.4 Å². The van der Waals surface area contributed by atoms with Crippen molar-refractivity contribution in [1.82, 2.24) is 4.68 Å². The highest BCUT2D eigenvalue weighted by Gasteiger charge is 2.19. The van der Waals surface area contributed by atoms with Gasteiger partial charge >= 0.3 is 23.8 Å². The maximum atomic E-state index is 12.7. The van der Waals surface area contributed by atoms with Crippen LogP contribution in [0.1, 0.15) is 29.4 Å². The molecular weight excluding hydrogens is 454 g/mol. The molecule has 0 unspecified atom stereocenters. The van der Waals surface area contributed by atoms with Crippen LogP contribution in [0.4, 0.5) is 5.69 Å². The van der Waals surface area contributed by atoms with Crippen LogP contribution in [0.5, 0.6) is 5.75 Å². The largest absolute Gasteiger partial charge is 0.497 e. The van der Waals surface area contributed by atoms with Crippen molar-refractivity contribution in [3.63, 3.8) is 0 Å². The first-order chi connectivity index (χ1) is 16.8. The summed E-state index contributed by atoms with van der Waals surface area (Å²) < 4.78 is 11.5. The number of rotatable bonds is 9. The summed E-state index contributed by atoms with van der Waals surface area (Å²) in [5, 5.41) is 11.5. The lowest BCUT2D eigenvalue weighted by molar-refractivity contribution is -0.137. The van der Waals surface area contributed by atoms with Crippen LogP contribution in [-0.4, -0.2) is 47.3 Å². The molecule has 2 aromatic carbocycles. The first kappa shape index (κ1) is 25.0. The average molecular weight is 479 g/mol. The molecule has 2 amide bonds. The molecule has 0 spiro atoms. The minimum absolute atomic E-state index is 0.142. The van der Waals surface area contributed by atoms with Gasteiger partial charge in [0.1, 0.15) is 5.75 Å². The summed E-state index contributed by atoms with van der Waals surface area (Å²) in [5.41, 5.74) is 4.97. The number of methoxy groups -OCH3 is 1. The second-order valence-corrected chi connectivity index (χ2v) is 7.36. The molecule has 0 saturated heterocycles. The van der Waals surface area contributed by atoms with Gasteiger partial charge in [-0.25, -0.2) is 4.79 Å². The number of nitrogens with one attached hydrogen (secondary N) is 2. The number of ether oxygens (including phenoxy) is 2. The molecule has 0 bridgehead atoms. The van der Waals surface area contributed by atoms with Crippen LogP contribution < -0.4 is 15.5 Å². The van der Waals surface area contributed by atoms with E-state index in [9.17, 15) is 19.2 Å². The Balaban J connectivity index is 1.78. The van der Waals surface area contributed by atoms with Gasteiger partial charge in [0.25, 0.3) is 0 Å². The van der Waals surface area contributed by atoms with Crippen molar-refractivity contribution >= 4 is 29.4 Å². The zero-order valence-corrected chi connectivity index (χ0v) is 19.2. The average Bonchev–Trinajstić information content (AvgIpc) is 3.25. The topological polar surface area (TPSA) is 136 Å². The summed E-state index contributed by atoms with van der Waals surface area (Å²) in [5.74, 6) is -2.72. The molecule has 182 valence electrons. The SMILES string of the molecule is CCOC(=O)c1ccc(NC(=O)C(=O)Nn2c(CCC(=O)O)ccc2-c2ccc(OC)cc2)cc1. The second kappa shape index (κ2) is 11.5. The van der Waals surface area contributed by atoms with E-state index < -0.39 is 23.8 Å². The van der Waals surface area contributed by atoms with E-state index in [1.165, 1.54) is 28.9 Å². The van der Waals surface area contributed by atoms with Crippen LogP contribution in [0, 0.1) is 0 Å². The van der Waals surface area contributed by atoms with Crippen molar-refractivity contribution in [3.8, 4) is 17.0 Å². The lowest BCUT2D eigenvalue weighted by atomic mass is 10.1. The molecule has 0 fully saturated rings. The maximum absolute atomic E-state index is 12.7. The number of aryl methyl sites for hydroxylation is 1. The molecular formula is C25H25N3O7. The van der Waals surface area contributed by atoms with Gasteiger partial charge in [-0.1, -0.05) is 0 Å². The Hall–Kier alpha value is -4.60. The number of aromatic nitrogens is 1. The van der Waals surface area contributed by atoms with Crippen LogP contribution in [-0.2, 0) is 25.5 Å². The number of hydrogen-bond donors (Lipinski definition) is 3. The number of amides is 2. The Morgan fingerprint density at radius 1 is 0.914 bits per heavy atom. The minimum Gasteiger partial charge on any atom is -0.497 e. The third-order valence-electron chi connectivity index (χ3n) is 5.02. The normalized spacial score (nSPS) is 10.3. The predicted molar refractivity (Wildman–Crippen MR) is 128 cm³/mol. The number of carbonyl (C=O) groups excluding carboxylic acids is 3. The zero-order valence-electron chi connectivity index (χ0n) is 19.2. The summed E-state index contributed by atoms with van der Waals surface area (Å²) in [6.45, 7) is 1.94. The number of anilines is 1. The molecule has 1 heterocycles. The molecule has 35 heavy (non-hydrogen) atoms. The second-order valence-electron chi connectivity index (χ2n) is 7.36. The number of carbonyl (C=O) groups is 4. The van der Waals surface area contributed by atoms with E-state index in [1.54, 1.807) is 50.4 Å². The third-order valence-corrected chi connectivity index (χ3v) is 5.02. The lowest BCUT2D eigenvalue weighted by Gasteiger charge is -2.15. The molecule has 10 nitrogen and oxygen atoms in total. The Kier molecular flexibility index (Phi) is 8.23. The van der Waals surface area contributed by atoms with Crippen LogP contribution in [0.3, 0.4) is 0 Å². The van der Waals surface area contributed by atoms with Gasteiger partial charge in [-0.15, -0.1) is 0 Å². The van der Waals surface area contributed by atoms with Crippen molar-refractivity contribution in [2.75, 3.05) is 24.5 Å². The van der Waals surface area contributed by atoms with Crippen LogP contribution in [0.25, 0.3) is 11.3 Å². The first-order valence-corrected chi connectivity index (χ1v) is 10.8. The Morgan fingerprint density at radius 3 is 2.20 bits per heavy atom. The fraction of sp³-hybridized carbons (Fsp3) is 0.200. The summed E-state index contributed by atoms with van der Waals surface area (Å²) in [6.07, 6.45) is -0.0103. The molecule has 3 rings (SSSR count). The Labute approximate surface area is 201 Å². The van der Waals surface area contributed by atoms with Crippen LogP contribution in [0.2, 0.25) is 0 Å². The summed E-state index contributed by atoms with van der Waals surface area (Å²) in [4.78, 5) is 48.0. The van der Waals surface area contributed by atoms with Crippen molar-refractivity contribution < 1.29 is 33.8 Å². The monoisotopic (exact) mass is 479 g/mol. The predicted octanol–water partition coefficient (Wildman–Crippen LogP) is 3.07. The van der Waals surface area contributed by atoms with Gasteiger partial charge in [0.05, 0.1) is 31.4 Å². The quantitative estimate of drug-likeness (QED) is 0.317. The standard InChI is InChI=1S/C25H25N3O7/c1-3-35-25(33)17-4-8-18(9-5-17)26-23(31)24(32)27-28-19(11-15-22(29)30)10-14-21(28)16-6-12-20(34-2)13-7-16/h4-10,12-14H,3,11,15H2,1-2H3,(H,26,31)(H,27,32)(H,29,30). The van der Waals surface area contributed by atoms with E-state index in [4.69, 9.17) is 14.6 Å². The van der Waals surface area contributed by atoms with Crippen molar-refractivity contribution in [1.29, 1.82) is 0 Å². The number of carboxylic acid groups (broad SMARTS) is 1. The number of aliphatic carboxylic acids is 1. The van der Waals surface area contributed by atoms with Crippen LogP contribution in [0.15, 0.2) is 60.7 Å². The number of carboxylic acids is 1. The van der Waals surface area contributed by atoms with E-state index in [2.05, 4.69) is 10.7 Å².